The van der Waals surface area contributed by atoms with Gasteiger partial charge >= 0.3 is 41.9 Å². The molecule has 0 spiro atoms. The Kier molecular flexibility index (Phi) is 17.6. The van der Waals surface area contributed by atoms with E-state index in [2.05, 4.69) is 150 Å². The fourth-order valence-corrected chi connectivity index (χ4v) is 8.51. The van der Waals surface area contributed by atoms with Gasteiger partial charge < -0.3 is 24.8 Å². The number of rotatable bonds is 6. The molecule has 284 valence electrons. The molecule has 0 saturated heterocycles. The average molecular weight is 851 g/mol. The second-order valence-electron chi connectivity index (χ2n) is 16.3. The van der Waals surface area contributed by atoms with Crippen LogP contribution in [0, 0.1) is 5.92 Å². The Hall–Kier alpha value is -2.22. The Labute approximate surface area is 354 Å². The van der Waals surface area contributed by atoms with Gasteiger partial charge in [-0.1, -0.05) is 132 Å². The maximum absolute atomic E-state index is 2.47. The minimum atomic E-state index is 0. The topological polar surface area (TPSA) is 0 Å². The third kappa shape index (κ3) is 11.4. The Morgan fingerprint density at radius 2 is 1.17 bits per heavy atom. The van der Waals surface area contributed by atoms with Gasteiger partial charge in [-0.25, -0.2) is 0 Å². The van der Waals surface area contributed by atoms with E-state index in [1.165, 1.54) is 118 Å². The molecular weight excluding hydrogens is 791 g/mol. The molecule has 0 unspecified atom stereocenters. The van der Waals surface area contributed by atoms with E-state index in [-0.39, 0.29) is 30.2 Å². The van der Waals surface area contributed by atoms with Crippen LogP contribution in [0.3, 0.4) is 0 Å². The third-order valence-electron chi connectivity index (χ3n) is 11.7. The number of fused-ring (bicyclic) bond motifs is 2. The molecule has 2 aliphatic rings. The fraction of sp³-hybridized carbons (Fsp3) is 0.400. The molecule has 0 heterocycles. The summed E-state index contributed by atoms with van der Waals surface area (Å²) in [6, 6.07) is 41.6. The minimum Gasteiger partial charge on any atom is -1.00 e. The van der Waals surface area contributed by atoms with Gasteiger partial charge in [-0.2, -0.15) is 12.1 Å². The molecule has 4 heteroatoms. The van der Waals surface area contributed by atoms with E-state index in [1.807, 2.05) is 0 Å². The molecule has 54 heavy (non-hydrogen) atoms. The van der Waals surface area contributed by atoms with Gasteiger partial charge in [0.15, 0.2) is 0 Å². The number of halogens is 2. The summed E-state index contributed by atoms with van der Waals surface area (Å²) in [7, 11) is 0. The quantitative estimate of drug-likeness (QED) is 0.116. The van der Waals surface area contributed by atoms with E-state index in [4.69, 9.17) is 0 Å². The van der Waals surface area contributed by atoms with Crippen LogP contribution in [-0.4, -0.2) is 5.43 Å². The zero-order valence-electron chi connectivity index (χ0n) is 33.5. The van der Waals surface area contributed by atoms with E-state index in [0.29, 0.717) is 5.92 Å². The SMILES string of the molecule is CC1CCC(c2cc3c(-c4ccc(C(C)C)cc4)cccc3[cH-]2)CC1.CCc1cc2c(-c3ccc(C4CCCCC4)cc3)cccc2[cH-]1.C[Si](C)=[Zr+2].[Cl-].[Cl-]. The first-order chi connectivity index (χ1) is 25.2. The van der Waals surface area contributed by atoms with Gasteiger partial charge in [0.05, 0.1) is 0 Å². The standard InChI is InChI=1S/C25H29.C23H25.C2H6Si.2ClH.Zr/c1-17(2)19-11-13-21(14-12-19)24-6-4-5-22-15-23(16-25(22)24)20-9-7-18(3)8-10-20;1-2-17-15-21-9-6-10-22(23(21)16-17)20-13-11-19(12-14-20)18-7-4-3-5-8-18;1-3-2;;;/h4-6,11-18,20H,7-10H2,1-3H3;6,9-16,18H,2-5,7-8H2,1H3;1-2H3;2*1H;/q2*-1;;;;+2/p-2. The van der Waals surface area contributed by atoms with Crippen LogP contribution in [0.5, 0.6) is 0 Å². The minimum absolute atomic E-state index is 0. The van der Waals surface area contributed by atoms with Crippen LogP contribution in [0.25, 0.3) is 43.8 Å². The molecular formula is C50H60Cl2SiZr-2. The first-order valence-electron chi connectivity index (χ1n) is 20.3. The zero-order chi connectivity index (χ0) is 36.6. The molecule has 0 atom stereocenters. The molecule has 0 nitrogen and oxygen atoms in total. The van der Waals surface area contributed by atoms with Crippen molar-refractivity contribution in [3.8, 4) is 22.3 Å². The molecule has 0 radical (unpaired) electrons. The van der Waals surface area contributed by atoms with E-state index in [1.54, 1.807) is 28.9 Å². The molecule has 0 N–H and O–H groups in total. The van der Waals surface area contributed by atoms with Crippen molar-refractivity contribution in [2.24, 2.45) is 5.92 Å². The predicted molar refractivity (Wildman–Crippen MR) is 227 cm³/mol. The van der Waals surface area contributed by atoms with Crippen molar-refractivity contribution < 1.29 is 48.1 Å². The van der Waals surface area contributed by atoms with Gasteiger partial charge in [0.2, 0.25) is 0 Å². The Morgan fingerprint density at radius 3 is 1.70 bits per heavy atom. The van der Waals surface area contributed by atoms with Crippen LogP contribution < -0.4 is 24.8 Å². The molecule has 0 aromatic heterocycles. The second-order valence-corrected chi connectivity index (χ2v) is 25.7. The number of hydrogen-bond acceptors (Lipinski definition) is 0. The van der Waals surface area contributed by atoms with E-state index in [0.717, 1.165) is 24.2 Å². The van der Waals surface area contributed by atoms with Gasteiger partial charge in [-0.15, -0.1) is 69.1 Å². The molecule has 0 aliphatic heterocycles. The number of hydrogen-bond donors (Lipinski definition) is 0. The van der Waals surface area contributed by atoms with Crippen molar-refractivity contribution in [1.82, 2.24) is 0 Å². The van der Waals surface area contributed by atoms with Gasteiger partial charge in [0.25, 0.3) is 0 Å². The smallest absolute Gasteiger partial charge is 1.00 e. The molecule has 2 saturated carbocycles. The summed E-state index contributed by atoms with van der Waals surface area (Å²) >= 11 is 1.74. The molecule has 0 amide bonds. The van der Waals surface area contributed by atoms with Crippen molar-refractivity contribution in [2.45, 2.75) is 123 Å². The predicted octanol–water partition coefficient (Wildman–Crippen LogP) is 9.27. The van der Waals surface area contributed by atoms with Gasteiger partial charge in [-0.05, 0) is 78.0 Å². The summed E-state index contributed by atoms with van der Waals surface area (Å²) in [6.45, 7) is 13.8. The fourth-order valence-electron chi connectivity index (χ4n) is 8.51. The zero-order valence-corrected chi connectivity index (χ0v) is 38.5. The van der Waals surface area contributed by atoms with Crippen LogP contribution in [0.4, 0.5) is 0 Å². The van der Waals surface area contributed by atoms with Gasteiger partial charge in [0, 0.05) is 0 Å². The first-order valence-corrected chi connectivity index (χ1v) is 26.5. The van der Waals surface area contributed by atoms with E-state index < -0.39 is 0 Å². The molecule has 2 aliphatic carbocycles. The summed E-state index contributed by atoms with van der Waals surface area (Å²) in [5.74, 6) is 3.05. The Morgan fingerprint density at radius 1 is 0.648 bits per heavy atom. The van der Waals surface area contributed by atoms with Crippen molar-refractivity contribution in [3.63, 3.8) is 0 Å². The number of aryl methyl sites for hydroxylation is 1. The summed E-state index contributed by atoms with van der Waals surface area (Å²) in [5, 5.41) is 5.60. The molecule has 6 aromatic rings. The summed E-state index contributed by atoms with van der Waals surface area (Å²) in [4.78, 5) is 0. The van der Waals surface area contributed by atoms with Gasteiger partial charge in [0.1, 0.15) is 0 Å². The number of benzene rings is 4. The average Bonchev–Trinajstić information content (AvgIpc) is 3.80. The van der Waals surface area contributed by atoms with E-state index >= 15 is 0 Å². The summed E-state index contributed by atoms with van der Waals surface area (Å²) in [6.07, 6.45) is 13.6. The summed E-state index contributed by atoms with van der Waals surface area (Å²) < 4.78 is 0. The van der Waals surface area contributed by atoms with Crippen LogP contribution >= 0.6 is 0 Å². The normalized spacial score (nSPS) is 17.1. The first kappa shape index (κ1) is 44.5. The van der Waals surface area contributed by atoms with E-state index in [9.17, 15) is 0 Å². The van der Waals surface area contributed by atoms with Crippen LogP contribution in [-0.2, 0) is 29.8 Å². The van der Waals surface area contributed by atoms with Crippen LogP contribution in [0.2, 0.25) is 13.1 Å². The molecule has 8 rings (SSSR count). The van der Waals surface area contributed by atoms with Crippen LogP contribution in [0.15, 0.2) is 109 Å². The summed E-state index contributed by atoms with van der Waals surface area (Å²) in [5.41, 5.74) is 11.6. The Balaban J connectivity index is 0.000000213. The third-order valence-corrected chi connectivity index (χ3v) is 11.7. The van der Waals surface area contributed by atoms with Crippen molar-refractivity contribution >= 4 is 27.0 Å². The van der Waals surface area contributed by atoms with Crippen molar-refractivity contribution in [2.75, 3.05) is 0 Å². The van der Waals surface area contributed by atoms with Gasteiger partial charge in [-0.3, -0.25) is 0 Å². The van der Waals surface area contributed by atoms with Crippen molar-refractivity contribution in [1.29, 1.82) is 0 Å². The maximum atomic E-state index is 2.47. The molecule has 2 fully saturated rings. The second kappa shape index (κ2) is 21.3. The maximum Gasteiger partial charge on any atom is -1.00 e. The van der Waals surface area contributed by atoms with Crippen LogP contribution in [0.1, 0.15) is 125 Å². The molecule has 6 aromatic carbocycles. The molecule has 0 bridgehead atoms. The largest absolute Gasteiger partial charge is 1.00 e. The monoisotopic (exact) mass is 848 g/mol. The Bertz CT molecular complexity index is 2030. The van der Waals surface area contributed by atoms with Crippen molar-refractivity contribution in [3.05, 3.63) is 131 Å².